The molecule has 20 heavy (non-hydrogen) atoms. The van der Waals surface area contributed by atoms with Gasteiger partial charge in [0.05, 0.1) is 28.1 Å². The predicted molar refractivity (Wildman–Crippen MR) is 81.2 cm³/mol. The second-order valence-corrected chi connectivity index (χ2v) is 7.48. The Morgan fingerprint density at radius 3 is 2.65 bits per heavy atom. The Labute approximate surface area is 126 Å². The van der Waals surface area contributed by atoms with Crippen LogP contribution in [0.3, 0.4) is 0 Å². The van der Waals surface area contributed by atoms with Crippen LogP contribution in [0.15, 0.2) is 0 Å². The van der Waals surface area contributed by atoms with E-state index in [9.17, 15) is 4.79 Å². The van der Waals surface area contributed by atoms with Gasteiger partial charge < -0.3 is 19.3 Å². The number of hydrogen-bond donors (Lipinski definition) is 1. The Kier molecular flexibility index (Phi) is 6.09. The van der Waals surface area contributed by atoms with Crippen LogP contribution in [0.5, 0.6) is 0 Å². The molecule has 5 nitrogen and oxygen atoms in total. The van der Waals surface area contributed by atoms with Crippen molar-refractivity contribution < 1.29 is 21.5 Å². The summed E-state index contributed by atoms with van der Waals surface area (Å²) in [6.45, 7) is 10.3. The number of rotatable bonds is 6. The van der Waals surface area contributed by atoms with Crippen LogP contribution in [0.2, 0.25) is 0 Å². The normalized spacial score (nSPS) is 37.2. The van der Waals surface area contributed by atoms with Crippen molar-refractivity contribution in [3.05, 3.63) is 0 Å². The third kappa shape index (κ3) is 4.96. The number of carbonyl (C=O) groups excluding carboxylic acids is 1. The summed E-state index contributed by atoms with van der Waals surface area (Å²) in [4.78, 5) is 11.5. The fraction of sp³-hybridized carbons (Fsp3) is 0.929. The van der Waals surface area contributed by atoms with Gasteiger partial charge in [-0.2, -0.15) is 0 Å². The molecule has 0 saturated carbocycles. The lowest BCUT2D eigenvalue weighted by Gasteiger charge is -2.45. The van der Waals surface area contributed by atoms with E-state index < -0.39 is 15.2 Å². The summed E-state index contributed by atoms with van der Waals surface area (Å²) in [5.41, 5.74) is 0. The summed E-state index contributed by atoms with van der Waals surface area (Å²) < 4.78 is 31.1. The summed E-state index contributed by atoms with van der Waals surface area (Å²) >= 11 is 0. The first-order valence-electron chi connectivity index (χ1n) is 8.06. The summed E-state index contributed by atoms with van der Waals surface area (Å²) in [5.74, 6) is 0.256. The Bertz CT molecular complexity index is 360. The van der Waals surface area contributed by atoms with Gasteiger partial charge in [-0.3, -0.25) is 4.79 Å². The average molecular weight is 308 g/mol. The van der Waals surface area contributed by atoms with Gasteiger partial charge in [0.25, 0.3) is 0 Å². The minimum absolute atomic E-state index is 0.0833. The number of ether oxygens (including phenoxy) is 2. The van der Waals surface area contributed by atoms with Crippen LogP contribution < -0.4 is 5.32 Å². The van der Waals surface area contributed by atoms with E-state index in [1.54, 1.807) is 0 Å². The molecule has 0 bridgehead atoms. The highest BCUT2D eigenvalue weighted by atomic mass is 31.1. The maximum atomic E-state index is 11.5. The van der Waals surface area contributed by atoms with E-state index in [0.29, 0.717) is 6.61 Å². The molecule has 1 unspecified atom stereocenters. The molecule has 0 aliphatic carbocycles. The quantitative estimate of drug-likeness (QED) is 0.761. The summed E-state index contributed by atoms with van der Waals surface area (Å²) in [6, 6.07) is -0.110. The van der Waals surface area contributed by atoms with Gasteiger partial charge in [-0.1, -0.05) is 13.8 Å². The predicted octanol–water partition coefficient (Wildman–Crippen LogP) is 1.85. The van der Waals surface area contributed by atoms with Gasteiger partial charge in [0.2, 0.25) is 5.91 Å². The zero-order valence-electron chi connectivity index (χ0n) is 15.0. The van der Waals surface area contributed by atoms with Crippen LogP contribution in [0.25, 0.3) is 0 Å². The molecule has 0 spiro atoms. The molecule has 1 aliphatic rings. The van der Waals surface area contributed by atoms with E-state index in [-0.39, 0.29) is 42.6 Å². The number of carbonyl (C=O) groups is 1. The summed E-state index contributed by atoms with van der Waals surface area (Å²) in [5, 5.41) is 2.97. The molecule has 0 aromatic heterocycles. The van der Waals surface area contributed by atoms with Crippen LogP contribution in [-0.2, 0) is 18.8 Å². The number of methoxy groups -OCH3 is 1. The van der Waals surface area contributed by atoms with Crippen LogP contribution in [0, 0.1) is 11.8 Å². The Balaban J connectivity index is 2.77. The molecule has 1 saturated heterocycles. The number of nitrogens with one attached hydrogen (secondary N) is 1. The van der Waals surface area contributed by atoms with Crippen molar-refractivity contribution in [3.8, 4) is 0 Å². The van der Waals surface area contributed by atoms with Gasteiger partial charge >= 0.3 is 0 Å². The molecule has 6 atom stereocenters. The Morgan fingerprint density at radius 1 is 1.40 bits per heavy atom. The standard InChI is InChI=1S/C14H28NO4P/c1-9-10(2)14(15-11(3)16)13(8-18-20(5)6)19-12(9)7-17-4/h9-10,12-14H,7-8H2,1-6H3,(H,15,16)/t9-,10+,12-,13+,14+/m1/s1/i4TD/t4?,9-,10+,12-,13+,14+. The molecule has 0 aromatic rings. The molecule has 1 amide bonds. The van der Waals surface area contributed by atoms with Crippen molar-refractivity contribution in [2.45, 2.75) is 39.0 Å². The first-order chi connectivity index (χ1) is 10.2. The third-order valence-electron chi connectivity index (χ3n) is 3.86. The molecule has 118 valence electrons. The van der Waals surface area contributed by atoms with E-state index in [2.05, 4.69) is 12.2 Å². The fourth-order valence-corrected chi connectivity index (χ4v) is 2.99. The van der Waals surface area contributed by atoms with Crippen LogP contribution in [0.1, 0.15) is 23.5 Å². The third-order valence-corrected chi connectivity index (χ3v) is 4.53. The minimum Gasteiger partial charge on any atom is -0.382 e. The molecule has 1 N–H and O–H groups in total. The maximum absolute atomic E-state index is 11.5. The molecular weight excluding hydrogens is 277 g/mol. The van der Waals surface area contributed by atoms with Gasteiger partial charge in [0.15, 0.2) is 0 Å². The highest BCUT2D eigenvalue weighted by molar-refractivity contribution is 7.50. The van der Waals surface area contributed by atoms with Crippen molar-refractivity contribution in [1.82, 2.24) is 5.32 Å². The Hall–Kier alpha value is -0.220. The van der Waals surface area contributed by atoms with E-state index in [0.717, 1.165) is 0 Å². The molecule has 1 rings (SSSR count). The lowest BCUT2D eigenvalue weighted by Crippen LogP contribution is -2.58. The highest BCUT2D eigenvalue weighted by Crippen LogP contribution is 2.33. The SMILES string of the molecule is [2H]C([3H])OC[C@H]1O[C@@H](COP(C)C)[C@@H](NC(C)=O)[C@@H](C)[C@H]1C. The second-order valence-electron chi connectivity index (χ2n) is 5.60. The van der Waals surface area contributed by atoms with E-state index in [4.69, 9.17) is 16.7 Å². The molecular formula is C14H28NO4P. The highest BCUT2D eigenvalue weighted by Gasteiger charge is 2.41. The van der Waals surface area contributed by atoms with Gasteiger partial charge in [-0.05, 0) is 25.2 Å². The molecule has 1 aliphatic heterocycles. The van der Waals surface area contributed by atoms with Gasteiger partial charge in [0.1, 0.15) is 6.10 Å². The topological polar surface area (TPSA) is 56.8 Å². The van der Waals surface area contributed by atoms with Gasteiger partial charge in [0, 0.05) is 22.1 Å². The second kappa shape index (κ2) is 8.28. The monoisotopic (exact) mass is 308 g/mol. The van der Waals surface area contributed by atoms with Crippen LogP contribution in [-0.4, -0.2) is 57.8 Å². The van der Waals surface area contributed by atoms with Crippen molar-refractivity contribution in [2.75, 3.05) is 33.6 Å². The number of amides is 1. The average Bonchev–Trinajstić information content (AvgIpc) is 2.41. The first-order valence-corrected chi connectivity index (χ1v) is 9.06. The van der Waals surface area contributed by atoms with Crippen molar-refractivity contribution in [2.24, 2.45) is 11.8 Å². The van der Waals surface area contributed by atoms with Crippen LogP contribution >= 0.6 is 8.15 Å². The van der Waals surface area contributed by atoms with Gasteiger partial charge in [-0.15, -0.1) is 0 Å². The molecule has 1 heterocycles. The largest absolute Gasteiger partial charge is 0.382 e. The van der Waals surface area contributed by atoms with Crippen LogP contribution in [0.4, 0.5) is 0 Å². The maximum Gasteiger partial charge on any atom is 0.217 e. The van der Waals surface area contributed by atoms with Crippen molar-refractivity contribution in [1.29, 1.82) is 0 Å². The fourth-order valence-electron chi connectivity index (χ4n) is 2.55. The molecule has 1 fully saturated rings. The van der Waals surface area contributed by atoms with Crippen molar-refractivity contribution in [3.63, 3.8) is 0 Å². The van der Waals surface area contributed by atoms with Crippen molar-refractivity contribution >= 4 is 14.1 Å². The van der Waals surface area contributed by atoms with E-state index in [1.165, 1.54) is 6.92 Å². The zero-order valence-corrected chi connectivity index (χ0v) is 13.9. The lowest BCUT2D eigenvalue weighted by atomic mass is 9.80. The first kappa shape index (κ1) is 14.7. The number of hydrogen-bond acceptors (Lipinski definition) is 4. The molecule has 6 heteroatoms. The van der Waals surface area contributed by atoms with E-state index >= 15 is 0 Å². The Morgan fingerprint density at radius 2 is 2.10 bits per heavy atom. The molecule has 0 aromatic carbocycles. The van der Waals surface area contributed by atoms with Gasteiger partial charge in [-0.25, -0.2) is 0 Å². The summed E-state index contributed by atoms with van der Waals surface area (Å²) in [7, 11) is -1.82. The zero-order chi connectivity index (χ0) is 16.9. The summed E-state index contributed by atoms with van der Waals surface area (Å²) in [6.07, 6.45) is -0.449. The minimum atomic E-state index is -1.31. The van der Waals surface area contributed by atoms with E-state index in [1.807, 2.05) is 20.3 Å². The smallest absolute Gasteiger partial charge is 0.217 e. The molecule has 0 radical (unpaired) electrons. The lowest BCUT2D eigenvalue weighted by molar-refractivity contribution is -0.154.